The fourth-order valence-corrected chi connectivity index (χ4v) is 2.90. The zero-order valence-electron chi connectivity index (χ0n) is 15.0. The molecule has 0 radical (unpaired) electrons. The molecule has 8 heteroatoms. The maximum atomic E-state index is 11.9. The van der Waals surface area contributed by atoms with Crippen LogP contribution in [-0.4, -0.2) is 30.2 Å². The topological polar surface area (TPSA) is 95.0 Å². The van der Waals surface area contributed by atoms with E-state index in [1.807, 2.05) is 0 Å². The van der Waals surface area contributed by atoms with Crippen molar-refractivity contribution in [3.05, 3.63) is 54.4 Å². The van der Waals surface area contributed by atoms with Gasteiger partial charge in [-0.2, -0.15) is 0 Å². The molecule has 1 aliphatic heterocycles. The molecule has 8 nitrogen and oxygen atoms in total. The monoisotopic (exact) mass is 382 g/mol. The largest absolute Gasteiger partial charge is 0.482 e. The molecule has 1 saturated heterocycles. The number of carbonyl (C=O) groups excluding carboxylic acids is 2. The van der Waals surface area contributed by atoms with E-state index < -0.39 is 5.97 Å². The molecule has 0 N–H and O–H groups in total. The Kier molecular flexibility index (Phi) is 5.09. The van der Waals surface area contributed by atoms with Crippen molar-refractivity contribution in [2.75, 3.05) is 18.1 Å². The molecule has 1 aromatic carbocycles. The minimum absolute atomic E-state index is 0.0254. The Morgan fingerprint density at radius 2 is 2.04 bits per heavy atom. The van der Waals surface area contributed by atoms with Crippen molar-refractivity contribution in [3.63, 3.8) is 0 Å². The van der Waals surface area contributed by atoms with Gasteiger partial charge in [0, 0.05) is 24.7 Å². The van der Waals surface area contributed by atoms with Crippen LogP contribution < -0.4 is 9.64 Å². The van der Waals surface area contributed by atoms with E-state index >= 15 is 0 Å². The number of rotatable bonds is 7. The fraction of sp³-hybridized carbons (Fsp3) is 0.250. The third-order valence-electron chi connectivity index (χ3n) is 4.28. The molecule has 4 rings (SSSR count). The van der Waals surface area contributed by atoms with Crippen molar-refractivity contribution in [2.45, 2.75) is 19.4 Å². The van der Waals surface area contributed by atoms with Crippen LogP contribution in [0.1, 0.15) is 18.5 Å². The summed E-state index contributed by atoms with van der Waals surface area (Å²) >= 11 is 0. The zero-order valence-corrected chi connectivity index (χ0v) is 15.0. The number of anilines is 1. The van der Waals surface area contributed by atoms with Crippen LogP contribution >= 0.6 is 0 Å². The molecule has 2 aromatic heterocycles. The quantitative estimate of drug-likeness (QED) is 0.579. The molecule has 1 aliphatic rings. The molecule has 1 fully saturated rings. The Morgan fingerprint density at radius 1 is 1.18 bits per heavy atom. The van der Waals surface area contributed by atoms with Gasteiger partial charge in [0.1, 0.15) is 18.1 Å². The summed E-state index contributed by atoms with van der Waals surface area (Å²) < 4.78 is 20.9. The minimum atomic E-state index is -0.527. The number of amides is 1. The molecule has 0 bridgehead atoms. The molecular formula is C20H18N2O6. The highest BCUT2D eigenvalue weighted by Gasteiger charge is 2.21. The summed E-state index contributed by atoms with van der Waals surface area (Å²) in [5.41, 5.74) is 1.30. The first-order chi connectivity index (χ1) is 13.7. The van der Waals surface area contributed by atoms with Gasteiger partial charge in [-0.3, -0.25) is 4.79 Å². The van der Waals surface area contributed by atoms with Gasteiger partial charge >= 0.3 is 5.97 Å². The molecule has 3 heterocycles. The van der Waals surface area contributed by atoms with Gasteiger partial charge in [-0.25, -0.2) is 4.79 Å². The number of hydrogen-bond acceptors (Lipinski definition) is 7. The molecule has 0 saturated carbocycles. The van der Waals surface area contributed by atoms with Crippen LogP contribution in [0.25, 0.3) is 11.5 Å². The number of benzene rings is 1. The van der Waals surface area contributed by atoms with Crippen LogP contribution in [0.4, 0.5) is 5.69 Å². The van der Waals surface area contributed by atoms with E-state index in [1.54, 1.807) is 47.4 Å². The van der Waals surface area contributed by atoms with E-state index in [2.05, 4.69) is 5.16 Å². The molecule has 1 amide bonds. The lowest BCUT2D eigenvalue weighted by molar-refractivity contribution is -0.147. The van der Waals surface area contributed by atoms with Crippen LogP contribution in [0.2, 0.25) is 0 Å². The summed E-state index contributed by atoms with van der Waals surface area (Å²) in [7, 11) is 0. The Bertz CT molecular complexity index is 946. The summed E-state index contributed by atoms with van der Waals surface area (Å²) in [5, 5.41) is 3.83. The summed E-state index contributed by atoms with van der Waals surface area (Å²) in [5.74, 6) is 1.13. The smallest absolute Gasteiger partial charge is 0.344 e. The maximum Gasteiger partial charge on any atom is 0.344 e. The van der Waals surface area contributed by atoms with E-state index in [0.717, 1.165) is 18.7 Å². The zero-order chi connectivity index (χ0) is 19.3. The molecule has 0 aliphatic carbocycles. The van der Waals surface area contributed by atoms with Crippen molar-refractivity contribution in [1.29, 1.82) is 0 Å². The molecule has 28 heavy (non-hydrogen) atoms. The third kappa shape index (κ3) is 4.06. The summed E-state index contributed by atoms with van der Waals surface area (Å²) in [6.45, 7) is 0.475. The second-order valence-corrected chi connectivity index (χ2v) is 6.25. The first kappa shape index (κ1) is 17.8. The number of nitrogens with zero attached hydrogens (tertiary/aromatic N) is 2. The summed E-state index contributed by atoms with van der Waals surface area (Å²) in [4.78, 5) is 25.4. The van der Waals surface area contributed by atoms with E-state index in [9.17, 15) is 9.59 Å². The average molecular weight is 382 g/mol. The normalized spacial score (nSPS) is 13.7. The number of hydrogen-bond donors (Lipinski definition) is 0. The van der Waals surface area contributed by atoms with Crippen molar-refractivity contribution in [1.82, 2.24) is 5.16 Å². The van der Waals surface area contributed by atoms with Crippen molar-refractivity contribution < 1.29 is 28.0 Å². The predicted molar refractivity (Wildman–Crippen MR) is 97.5 cm³/mol. The van der Waals surface area contributed by atoms with Crippen LogP contribution in [-0.2, 0) is 20.9 Å². The van der Waals surface area contributed by atoms with Gasteiger partial charge in [0.15, 0.2) is 12.4 Å². The molecular weight excluding hydrogens is 364 g/mol. The first-order valence-electron chi connectivity index (χ1n) is 8.87. The first-order valence-corrected chi connectivity index (χ1v) is 8.87. The van der Waals surface area contributed by atoms with Crippen molar-refractivity contribution in [3.8, 4) is 17.3 Å². The van der Waals surface area contributed by atoms with E-state index in [0.29, 0.717) is 29.4 Å². The predicted octanol–water partition coefficient (Wildman–Crippen LogP) is 3.18. The van der Waals surface area contributed by atoms with Gasteiger partial charge in [-0.05, 0) is 42.8 Å². The fourth-order valence-electron chi connectivity index (χ4n) is 2.90. The molecule has 0 unspecified atom stereocenters. The van der Waals surface area contributed by atoms with Gasteiger partial charge in [0.05, 0.1) is 6.26 Å². The number of esters is 1. The number of furan rings is 1. The van der Waals surface area contributed by atoms with E-state index in [1.165, 1.54) is 6.26 Å². The molecule has 0 atom stereocenters. The Balaban J connectivity index is 1.24. The average Bonchev–Trinajstić information content (AvgIpc) is 3.46. The standard InChI is InChI=1S/C20H18N2O6/c23-19-4-1-9-22(19)15-5-7-16(8-6-15)26-13-20(24)27-12-14-11-18(28-21-14)17-3-2-10-25-17/h2-3,5-8,10-11H,1,4,9,12-13H2. The van der Waals surface area contributed by atoms with E-state index in [4.69, 9.17) is 18.4 Å². The highest BCUT2D eigenvalue weighted by Crippen LogP contribution is 2.24. The van der Waals surface area contributed by atoms with Crippen LogP contribution in [0.5, 0.6) is 5.75 Å². The SMILES string of the molecule is O=C(COc1ccc(N2CCCC2=O)cc1)OCc1cc(-c2ccco2)on1. The van der Waals surface area contributed by atoms with Crippen molar-refractivity contribution in [2.24, 2.45) is 0 Å². The lowest BCUT2D eigenvalue weighted by Gasteiger charge is -2.16. The number of aromatic nitrogens is 1. The molecule has 3 aromatic rings. The molecule has 144 valence electrons. The van der Waals surface area contributed by atoms with E-state index in [-0.39, 0.29) is 19.1 Å². The summed E-state index contributed by atoms with van der Waals surface area (Å²) in [6, 6.07) is 12.2. The highest BCUT2D eigenvalue weighted by atomic mass is 16.6. The Labute approximate surface area is 160 Å². The number of ether oxygens (including phenoxy) is 2. The summed E-state index contributed by atoms with van der Waals surface area (Å²) in [6.07, 6.45) is 2.99. The van der Waals surface area contributed by atoms with Gasteiger partial charge < -0.3 is 23.3 Å². The Hall–Kier alpha value is -3.55. The van der Waals surface area contributed by atoms with Crippen LogP contribution in [0.15, 0.2) is 57.7 Å². The second kappa shape index (κ2) is 7.99. The van der Waals surface area contributed by atoms with Gasteiger partial charge in [-0.1, -0.05) is 5.16 Å². The molecule has 0 spiro atoms. The third-order valence-corrected chi connectivity index (χ3v) is 4.28. The lowest BCUT2D eigenvalue weighted by atomic mass is 10.3. The Morgan fingerprint density at radius 3 is 2.75 bits per heavy atom. The maximum absolute atomic E-state index is 11.9. The van der Waals surface area contributed by atoms with Gasteiger partial charge in [0.25, 0.3) is 0 Å². The van der Waals surface area contributed by atoms with Crippen LogP contribution in [0.3, 0.4) is 0 Å². The second-order valence-electron chi connectivity index (χ2n) is 6.25. The number of carbonyl (C=O) groups is 2. The van der Waals surface area contributed by atoms with Gasteiger partial charge in [-0.15, -0.1) is 0 Å². The van der Waals surface area contributed by atoms with Gasteiger partial charge in [0.2, 0.25) is 11.7 Å². The highest BCUT2D eigenvalue weighted by molar-refractivity contribution is 5.95. The minimum Gasteiger partial charge on any atom is -0.482 e. The van der Waals surface area contributed by atoms with Crippen LogP contribution in [0, 0.1) is 0 Å². The lowest BCUT2D eigenvalue weighted by Crippen LogP contribution is -2.23. The van der Waals surface area contributed by atoms with Crippen molar-refractivity contribution >= 4 is 17.6 Å².